The van der Waals surface area contributed by atoms with Crippen LogP contribution >= 0.6 is 0 Å². The molecule has 1 fully saturated rings. The van der Waals surface area contributed by atoms with E-state index in [-0.39, 0.29) is 30.4 Å². The van der Waals surface area contributed by atoms with Crippen molar-refractivity contribution in [3.05, 3.63) is 11.8 Å². The minimum absolute atomic E-state index is 0.0141. The van der Waals surface area contributed by atoms with Crippen molar-refractivity contribution in [3.63, 3.8) is 0 Å². The third-order valence-electron chi connectivity index (χ3n) is 4.31. The number of carbonyl (C=O) groups is 3. The fourth-order valence-corrected chi connectivity index (χ4v) is 3.02. The number of nitrogens with zero attached hydrogens (tertiary/aromatic N) is 3. The molecule has 0 radical (unpaired) electrons. The Bertz CT molecular complexity index is 637. The lowest BCUT2D eigenvalue weighted by Gasteiger charge is -2.37. The van der Waals surface area contributed by atoms with Crippen molar-refractivity contribution in [2.45, 2.75) is 46.1 Å². The van der Waals surface area contributed by atoms with Crippen LogP contribution in [0.4, 0.5) is 10.6 Å². The molecule has 0 aliphatic carbocycles. The van der Waals surface area contributed by atoms with Gasteiger partial charge in [-0.05, 0) is 26.7 Å². The standard InChI is InChI=1S/C17H26N4O5/c1-4-25-17(24)20-8-5-14(6-9-20)21(13(3)22)10-7-16(23)18-15-11-12(2)26-19-15/h11,14H,4-10H2,1-3H3,(H,18,19,23). The Morgan fingerprint density at radius 3 is 2.62 bits per heavy atom. The first-order chi connectivity index (χ1) is 12.4. The molecule has 1 N–H and O–H groups in total. The molecule has 2 rings (SSSR count). The van der Waals surface area contributed by atoms with Gasteiger partial charge in [-0.2, -0.15) is 0 Å². The second-order valence-electron chi connectivity index (χ2n) is 6.25. The molecular formula is C17H26N4O5. The van der Waals surface area contributed by atoms with Gasteiger partial charge in [0.15, 0.2) is 5.82 Å². The summed E-state index contributed by atoms with van der Waals surface area (Å²) in [5.41, 5.74) is 0. The number of piperidine rings is 1. The van der Waals surface area contributed by atoms with E-state index in [4.69, 9.17) is 9.26 Å². The normalized spacial score (nSPS) is 14.8. The smallest absolute Gasteiger partial charge is 0.409 e. The number of nitrogens with one attached hydrogen (secondary N) is 1. The molecule has 2 heterocycles. The van der Waals surface area contributed by atoms with E-state index in [1.54, 1.807) is 29.7 Å². The molecule has 26 heavy (non-hydrogen) atoms. The number of likely N-dealkylation sites (tertiary alicyclic amines) is 1. The Balaban J connectivity index is 1.82. The highest BCUT2D eigenvalue weighted by Gasteiger charge is 2.29. The molecule has 1 aliphatic rings. The molecule has 0 atom stereocenters. The highest BCUT2D eigenvalue weighted by molar-refractivity contribution is 5.90. The average Bonchev–Trinajstić information content (AvgIpc) is 3.00. The van der Waals surface area contributed by atoms with Gasteiger partial charge in [-0.25, -0.2) is 4.79 Å². The van der Waals surface area contributed by atoms with Gasteiger partial charge in [-0.15, -0.1) is 0 Å². The first-order valence-corrected chi connectivity index (χ1v) is 8.82. The summed E-state index contributed by atoms with van der Waals surface area (Å²) in [5, 5.41) is 6.36. The average molecular weight is 366 g/mol. The summed E-state index contributed by atoms with van der Waals surface area (Å²) in [5.74, 6) is 0.668. The summed E-state index contributed by atoms with van der Waals surface area (Å²) < 4.78 is 9.90. The Labute approximate surface area is 152 Å². The van der Waals surface area contributed by atoms with Crippen molar-refractivity contribution in [1.29, 1.82) is 0 Å². The number of aromatic nitrogens is 1. The molecule has 1 aromatic rings. The predicted octanol–water partition coefficient (Wildman–Crippen LogP) is 1.78. The van der Waals surface area contributed by atoms with E-state index in [2.05, 4.69) is 10.5 Å². The van der Waals surface area contributed by atoms with Crippen LogP contribution in [0.1, 0.15) is 38.9 Å². The van der Waals surface area contributed by atoms with E-state index >= 15 is 0 Å². The van der Waals surface area contributed by atoms with Crippen LogP contribution in [0.3, 0.4) is 0 Å². The first kappa shape index (κ1) is 19.7. The molecule has 9 nitrogen and oxygen atoms in total. The van der Waals surface area contributed by atoms with Gasteiger partial charge in [0.25, 0.3) is 0 Å². The molecule has 0 bridgehead atoms. The van der Waals surface area contributed by atoms with Gasteiger partial charge in [0, 0.05) is 45.1 Å². The van der Waals surface area contributed by atoms with Gasteiger partial charge in [-0.3, -0.25) is 9.59 Å². The molecule has 1 aliphatic heterocycles. The van der Waals surface area contributed by atoms with E-state index in [1.165, 1.54) is 6.92 Å². The van der Waals surface area contributed by atoms with Gasteiger partial charge in [-0.1, -0.05) is 5.16 Å². The van der Waals surface area contributed by atoms with Crippen molar-refractivity contribution < 1.29 is 23.6 Å². The number of amides is 3. The lowest BCUT2D eigenvalue weighted by molar-refractivity contribution is -0.132. The summed E-state index contributed by atoms with van der Waals surface area (Å²) >= 11 is 0. The van der Waals surface area contributed by atoms with Gasteiger partial charge in [0.2, 0.25) is 11.8 Å². The number of aryl methyl sites for hydroxylation is 1. The number of carbonyl (C=O) groups excluding carboxylic acids is 3. The van der Waals surface area contributed by atoms with E-state index in [0.29, 0.717) is 50.7 Å². The van der Waals surface area contributed by atoms with Gasteiger partial charge < -0.3 is 24.4 Å². The number of hydrogen-bond donors (Lipinski definition) is 1. The number of rotatable bonds is 6. The number of hydrogen-bond acceptors (Lipinski definition) is 6. The fourth-order valence-electron chi connectivity index (χ4n) is 3.02. The monoisotopic (exact) mass is 366 g/mol. The van der Waals surface area contributed by atoms with Crippen molar-refractivity contribution in [2.24, 2.45) is 0 Å². The highest BCUT2D eigenvalue weighted by atomic mass is 16.6. The Kier molecular flexibility index (Phi) is 6.99. The first-order valence-electron chi connectivity index (χ1n) is 8.82. The SMILES string of the molecule is CCOC(=O)N1CCC(N(CCC(=O)Nc2cc(C)on2)C(C)=O)CC1. The maximum absolute atomic E-state index is 12.0. The van der Waals surface area contributed by atoms with Crippen LogP contribution in [0.25, 0.3) is 0 Å². The van der Waals surface area contributed by atoms with Crippen LogP contribution in [-0.2, 0) is 14.3 Å². The molecule has 0 saturated carbocycles. The molecule has 3 amide bonds. The quantitative estimate of drug-likeness (QED) is 0.823. The van der Waals surface area contributed by atoms with Gasteiger partial charge in [0.05, 0.1) is 6.61 Å². The third kappa shape index (κ3) is 5.47. The van der Waals surface area contributed by atoms with Crippen LogP contribution in [0, 0.1) is 6.92 Å². The minimum Gasteiger partial charge on any atom is -0.450 e. The largest absolute Gasteiger partial charge is 0.450 e. The zero-order valence-corrected chi connectivity index (χ0v) is 15.5. The molecule has 0 aromatic carbocycles. The topological polar surface area (TPSA) is 105 Å². The maximum Gasteiger partial charge on any atom is 0.409 e. The van der Waals surface area contributed by atoms with E-state index in [1.807, 2.05) is 0 Å². The molecular weight excluding hydrogens is 340 g/mol. The second kappa shape index (κ2) is 9.21. The molecule has 1 aromatic heterocycles. The summed E-state index contributed by atoms with van der Waals surface area (Å²) in [4.78, 5) is 39.2. The summed E-state index contributed by atoms with van der Waals surface area (Å²) in [6.45, 7) is 6.75. The van der Waals surface area contributed by atoms with Crippen molar-refractivity contribution >= 4 is 23.7 Å². The maximum atomic E-state index is 12.0. The second-order valence-corrected chi connectivity index (χ2v) is 6.25. The molecule has 1 saturated heterocycles. The summed E-state index contributed by atoms with van der Waals surface area (Å²) in [7, 11) is 0. The number of anilines is 1. The van der Waals surface area contributed by atoms with Crippen LogP contribution in [0.5, 0.6) is 0 Å². The Morgan fingerprint density at radius 1 is 1.38 bits per heavy atom. The van der Waals surface area contributed by atoms with E-state index in [9.17, 15) is 14.4 Å². The van der Waals surface area contributed by atoms with Crippen LogP contribution < -0.4 is 5.32 Å². The zero-order chi connectivity index (χ0) is 19.1. The van der Waals surface area contributed by atoms with Crippen LogP contribution in [0.15, 0.2) is 10.6 Å². The van der Waals surface area contributed by atoms with Gasteiger partial charge in [0.1, 0.15) is 5.76 Å². The minimum atomic E-state index is -0.317. The predicted molar refractivity (Wildman–Crippen MR) is 93.5 cm³/mol. The lowest BCUT2D eigenvalue weighted by Crippen LogP contribution is -2.49. The summed E-state index contributed by atoms with van der Waals surface area (Å²) in [6, 6.07) is 1.64. The molecule has 0 unspecified atom stereocenters. The van der Waals surface area contributed by atoms with E-state index in [0.717, 1.165) is 0 Å². The van der Waals surface area contributed by atoms with Crippen molar-refractivity contribution in [1.82, 2.24) is 15.0 Å². The zero-order valence-electron chi connectivity index (χ0n) is 15.5. The highest BCUT2D eigenvalue weighted by Crippen LogP contribution is 2.18. The van der Waals surface area contributed by atoms with E-state index < -0.39 is 0 Å². The van der Waals surface area contributed by atoms with Crippen LogP contribution in [-0.4, -0.2) is 65.1 Å². The number of ether oxygens (including phenoxy) is 1. The van der Waals surface area contributed by atoms with Crippen molar-refractivity contribution in [3.8, 4) is 0 Å². The fraction of sp³-hybridized carbons (Fsp3) is 0.647. The molecule has 9 heteroatoms. The third-order valence-corrected chi connectivity index (χ3v) is 4.31. The van der Waals surface area contributed by atoms with Crippen LogP contribution in [0.2, 0.25) is 0 Å². The Hall–Kier alpha value is -2.58. The lowest BCUT2D eigenvalue weighted by atomic mass is 10.0. The molecule has 0 spiro atoms. The van der Waals surface area contributed by atoms with Crippen molar-refractivity contribution in [2.75, 3.05) is 31.6 Å². The molecule has 144 valence electrons. The summed E-state index contributed by atoms with van der Waals surface area (Å²) in [6.07, 6.45) is 1.19. The Morgan fingerprint density at radius 2 is 2.08 bits per heavy atom. The van der Waals surface area contributed by atoms with Gasteiger partial charge >= 0.3 is 6.09 Å².